The van der Waals surface area contributed by atoms with Crippen LogP contribution in [0.1, 0.15) is 33.5 Å². The zero-order chi connectivity index (χ0) is 17.3. The number of hydrogen-bond acceptors (Lipinski definition) is 1. The van der Waals surface area contributed by atoms with Crippen molar-refractivity contribution in [1.82, 2.24) is 4.90 Å². The number of amides is 1. The van der Waals surface area contributed by atoms with Crippen LogP contribution in [-0.2, 0) is 6.42 Å². The lowest BCUT2D eigenvalue weighted by Crippen LogP contribution is -2.30. The second-order valence-corrected chi connectivity index (χ2v) is 6.63. The van der Waals surface area contributed by atoms with Gasteiger partial charge in [-0.05, 0) is 61.4 Å². The number of carbonyl (C=O) groups is 1. The fourth-order valence-electron chi connectivity index (χ4n) is 3.41. The van der Waals surface area contributed by atoms with Gasteiger partial charge in [-0.25, -0.2) is 8.78 Å². The molecule has 1 fully saturated rings. The number of benzene rings is 2. The third-order valence-corrected chi connectivity index (χ3v) is 4.76. The standard InChI is InChI=1S/C20H21F2NO/c1-13-4-3-5-18(22)19(13)20(24)23-9-8-16(12-23)11-15-6-7-17(21)14(2)10-15/h3-7,10,16H,8-9,11-12H2,1-2H3. The van der Waals surface area contributed by atoms with E-state index < -0.39 is 5.82 Å². The highest BCUT2D eigenvalue weighted by Gasteiger charge is 2.29. The molecule has 1 saturated heterocycles. The molecule has 2 aromatic rings. The molecule has 2 nitrogen and oxygen atoms in total. The summed E-state index contributed by atoms with van der Waals surface area (Å²) < 4.78 is 27.4. The molecule has 1 amide bonds. The van der Waals surface area contributed by atoms with Crippen LogP contribution in [0.2, 0.25) is 0 Å². The predicted octanol–water partition coefficient (Wildman–Crippen LogP) is 4.29. The monoisotopic (exact) mass is 329 g/mol. The fourth-order valence-corrected chi connectivity index (χ4v) is 3.41. The summed E-state index contributed by atoms with van der Waals surface area (Å²) in [5.74, 6) is -0.566. The first-order chi connectivity index (χ1) is 11.5. The summed E-state index contributed by atoms with van der Waals surface area (Å²) in [6.07, 6.45) is 1.69. The molecule has 0 aliphatic carbocycles. The molecule has 1 aliphatic rings. The van der Waals surface area contributed by atoms with Crippen molar-refractivity contribution >= 4 is 5.91 Å². The lowest BCUT2D eigenvalue weighted by molar-refractivity contribution is 0.0781. The average molecular weight is 329 g/mol. The molecule has 0 aromatic heterocycles. The Morgan fingerprint density at radius 1 is 1.12 bits per heavy atom. The number of halogens is 2. The summed E-state index contributed by atoms with van der Waals surface area (Å²) in [7, 11) is 0. The maximum Gasteiger partial charge on any atom is 0.257 e. The van der Waals surface area contributed by atoms with Crippen LogP contribution in [0.3, 0.4) is 0 Å². The number of rotatable bonds is 3. The Balaban J connectivity index is 1.69. The molecule has 1 unspecified atom stereocenters. The fraction of sp³-hybridized carbons (Fsp3) is 0.350. The minimum atomic E-state index is -0.461. The Hall–Kier alpha value is -2.23. The first-order valence-electron chi connectivity index (χ1n) is 8.25. The van der Waals surface area contributed by atoms with Crippen molar-refractivity contribution in [3.63, 3.8) is 0 Å². The number of carbonyl (C=O) groups excluding carboxylic acids is 1. The maximum absolute atomic E-state index is 14.0. The van der Waals surface area contributed by atoms with Gasteiger partial charge in [-0.15, -0.1) is 0 Å². The van der Waals surface area contributed by atoms with Gasteiger partial charge in [-0.1, -0.05) is 24.3 Å². The minimum Gasteiger partial charge on any atom is -0.338 e. The number of likely N-dealkylation sites (tertiary alicyclic amines) is 1. The molecule has 1 aliphatic heterocycles. The van der Waals surface area contributed by atoms with E-state index in [0.717, 1.165) is 18.4 Å². The summed E-state index contributed by atoms with van der Waals surface area (Å²) >= 11 is 0. The van der Waals surface area contributed by atoms with E-state index in [2.05, 4.69) is 0 Å². The SMILES string of the molecule is Cc1cc(CC2CCN(C(=O)c3c(C)cccc3F)C2)ccc1F. The Morgan fingerprint density at radius 2 is 1.92 bits per heavy atom. The van der Waals surface area contributed by atoms with Crippen LogP contribution < -0.4 is 0 Å². The van der Waals surface area contributed by atoms with Gasteiger partial charge in [0.2, 0.25) is 0 Å². The first kappa shape index (κ1) is 16.6. The highest BCUT2D eigenvalue weighted by Crippen LogP contribution is 2.25. The number of aryl methyl sites for hydroxylation is 2. The van der Waals surface area contributed by atoms with E-state index in [1.807, 2.05) is 6.07 Å². The molecule has 2 aromatic carbocycles. The van der Waals surface area contributed by atoms with Gasteiger partial charge in [0.05, 0.1) is 5.56 Å². The van der Waals surface area contributed by atoms with Crippen molar-refractivity contribution in [1.29, 1.82) is 0 Å². The molecule has 4 heteroatoms. The van der Waals surface area contributed by atoms with Gasteiger partial charge in [0, 0.05) is 13.1 Å². The third kappa shape index (κ3) is 3.32. The quantitative estimate of drug-likeness (QED) is 0.823. The van der Waals surface area contributed by atoms with Crippen molar-refractivity contribution in [2.24, 2.45) is 5.92 Å². The van der Waals surface area contributed by atoms with E-state index >= 15 is 0 Å². The van der Waals surface area contributed by atoms with Crippen LogP contribution in [0.4, 0.5) is 8.78 Å². The van der Waals surface area contributed by atoms with Gasteiger partial charge >= 0.3 is 0 Å². The zero-order valence-electron chi connectivity index (χ0n) is 14.0. The van der Waals surface area contributed by atoms with E-state index in [4.69, 9.17) is 0 Å². The molecule has 0 radical (unpaired) electrons. The molecule has 0 N–H and O–H groups in total. The second kappa shape index (κ2) is 6.71. The smallest absolute Gasteiger partial charge is 0.257 e. The third-order valence-electron chi connectivity index (χ3n) is 4.76. The Kier molecular flexibility index (Phi) is 4.65. The molecule has 0 spiro atoms. The predicted molar refractivity (Wildman–Crippen MR) is 90.0 cm³/mol. The van der Waals surface area contributed by atoms with Crippen LogP contribution in [0.25, 0.3) is 0 Å². The second-order valence-electron chi connectivity index (χ2n) is 6.63. The summed E-state index contributed by atoms with van der Waals surface area (Å²) in [4.78, 5) is 14.4. The molecule has 3 rings (SSSR count). The number of nitrogens with zero attached hydrogens (tertiary/aromatic N) is 1. The summed E-state index contributed by atoms with van der Waals surface area (Å²) in [5, 5.41) is 0. The molecule has 0 saturated carbocycles. The van der Waals surface area contributed by atoms with Crippen molar-refractivity contribution < 1.29 is 13.6 Å². The average Bonchev–Trinajstić information content (AvgIpc) is 2.99. The molecular formula is C20H21F2NO. The van der Waals surface area contributed by atoms with E-state index in [0.29, 0.717) is 30.1 Å². The van der Waals surface area contributed by atoms with E-state index in [1.165, 1.54) is 12.1 Å². The van der Waals surface area contributed by atoms with Crippen LogP contribution in [0, 0.1) is 31.4 Å². The largest absolute Gasteiger partial charge is 0.338 e. The zero-order valence-corrected chi connectivity index (χ0v) is 14.0. The molecule has 24 heavy (non-hydrogen) atoms. The van der Waals surface area contributed by atoms with Crippen LogP contribution in [-0.4, -0.2) is 23.9 Å². The first-order valence-corrected chi connectivity index (χ1v) is 8.25. The van der Waals surface area contributed by atoms with Crippen LogP contribution in [0.15, 0.2) is 36.4 Å². The van der Waals surface area contributed by atoms with Gasteiger partial charge in [0.25, 0.3) is 5.91 Å². The van der Waals surface area contributed by atoms with Crippen molar-refractivity contribution in [2.75, 3.05) is 13.1 Å². The van der Waals surface area contributed by atoms with E-state index in [1.54, 1.807) is 36.9 Å². The van der Waals surface area contributed by atoms with Gasteiger partial charge < -0.3 is 4.90 Å². The van der Waals surface area contributed by atoms with Crippen LogP contribution in [0.5, 0.6) is 0 Å². The topological polar surface area (TPSA) is 20.3 Å². The van der Waals surface area contributed by atoms with Gasteiger partial charge in [-0.2, -0.15) is 0 Å². The molecule has 126 valence electrons. The van der Waals surface area contributed by atoms with Gasteiger partial charge in [0.15, 0.2) is 0 Å². The Labute approximate surface area is 141 Å². The van der Waals surface area contributed by atoms with Gasteiger partial charge in [-0.3, -0.25) is 4.79 Å². The van der Waals surface area contributed by atoms with E-state index in [9.17, 15) is 13.6 Å². The summed E-state index contributed by atoms with van der Waals surface area (Å²) in [6.45, 7) is 4.76. The Bertz CT molecular complexity index is 752. The van der Waals surface area contributed by atoms with Gasteiger partial charge in [0.1, 0.15) is 11.6 Å². The van der Waals surface area contributed by atoms with Crippen molar-refractivity contribution in [3.05, 3.63) is 70.3 Å². The summed E-state index contributed by atoms with van der Waals surface area (Å²) in [6, 6.07) is 9.85. The van der Waals surface area contributed by atoms with Crippen molar-refractivity contribution in [3.8, 4) is 0 Å². The highest BCUT2D eigenvalue weighted by molar-refractivity contribution is 5.96. The van der Waals surface area contributed by atoms with Crippen molar-refractivity contribution in [2.45, 2.75) is 26.7 Å². The lowest BCUT2D eigenvalue weighted by Gasteiger charge is -2.18. The Morgan fingerprint density at radius 3 is 2.62 bits per heavy atom. The summed E-state index contributed by atoms with van der Waals surface area (Å²) in [5.41, 5.74) is 2.56. The number of hydrogen-bond donors (Lipinski definition) is 0. The minimum absolute atomic E-state index is 0.177. The molecule has 0 bridgehead atoms. The normalized spacial score (nSPS) is 17.3. The lowest BCUT2D eigenvalue weighted by atomic mass is 9.97. The molecule has 1 atom stereocenters. The maximum atomic E-state index is 14.0. The van der Waals surface area contributed by atoms with E-state index in [-0.39, 0.29) is 17.3 Å². The molecule has 1 heterocycles. The molecular weight excluding hydrogens is 308 g/mol. The highest BCUT2D eigenvalue weighted by atomic mass is 19.1. The van der Waals surface area contributed by atoms with Crippen LogP contribution >= 0.6 is 0 Å².